The van der Waals surface area contributed by atoms with Gasteiger partial charge in [0.1, 0.15) is 6.04 Å². The summed E-state index contributed by atoms with van der Waals surface area (Å²) in [5.41, 5.74) is 1.00. The van der Waals surface area contributed by atoms with Gasteiger partial charge in [-0.15, -0.1) is 0 Å². The van der Waals surface area contributed by atoms with Crippen LogP contribution < -0.4 is 5.32 Å². The van der Waals surface area contributed by atoms with Crippen molar-refractivity contribution in [2.75, 3.05) is 31.5 Å². The molecule has 0 aliphatic carbocycles. The third kappa shape index (κ3) is 5.03. The summed E-state index contributed by atoms with van der Waals surface area (Å²) >= 11 is 1.23. The van der Waals surface area contributed by atoms with Crippen LogP contribution in [-0.2, 0) is 19.4 Å². The van der Waals surface area contributed by atoms with E-state index in [0.717, 1.165) is 0 Å². The van der Waals surface area contributed by atoms with Crippen LogP contribution >= 0.6 is 11.8 Å². The van der Waals surface area contributed by atoms with E-state index >= 15 is 0 Å². The summed E-state index contributed by atoms with van der Waals surface area (Å²) in [6, 6.07) is 5.37. The minimum Gasteiger partial charge on any atom is -0.467 e. The fourth-order valence-electron chi connectivity index (χ4n) is 2.77. The monoisotopic (exact) mass is 411 g/mol. The van der Waals surface area contributed by atoms with E-state index < -0.39 is 32.5 Å². The van der Waals surface area contributed by atoms with Gasteiger partial charge in [-0.2, -0.15) is 11.8 Å². The Morgan fingerprint density at radius 1 is 1.33 bits per heavy atom. The smallest absolute Gasteiger partial charge is 0.329 e. The molecule has 2 N–H and O–H groups in total. The molecule has 0 aromatic heterocycles. The number of carbonyl (C=O) groups is 2. The van der Waals surface area contributed by atoms with Crippen LogP contribution in [0.15, 0.2) is 24.3 Å². The molecule has 9 heteroatoms. The van der Waals surface area contributed by atoms with Crippen molar-refractivity contribution in [3.8, 4) is 11.8 Å². The van der Waals surface area contributed by atoms with Crippen LogP contribution in [0.3, 0.4) is 0 Å². The Morgan fingerprint density at radius 2 is 1.96 bits per heavy atom. The van der Waals surface area contributed by atoms with Crippen molar-refractivity contribution in [2.45, 2.75) is 17.2 Å². The molecule has 0 spiro atoms. The zero-order valence-corrected chi connectivity index (χ0v) is 16.7. The Labute approximate surface area is 162 Å². The van der Waals surface area contributed by atoms with E-state index in [-0.39, 0.29) is 18.1 Å². The summed E-state index contributed by atoms with van der Waals surface area (Å²) in [6.07, 6.45) is 2.07. The van der Waals surface area contributed by atoms with Crippen LogP contribution in [0.25, 0.3) is 0 Å². The summed E-state index contributed by atoms with van der Waals surface area (Å²) < 4.78 is 27.2. The molecule has 0 bridgehead atoms. The summed E-state index contributed by atoms with van der Waals surface area (Å²) in [5, 5.41) is 11.3. The number of aliphatic hydroxyl groups excluding tert-OH is 1. The number of esters is 1. The molecule has 1 aliphatic heterocycles. The number of ether oxygens (including phenoxy) is 1. The van der Waals surface area contributed by atoms with Crippen LogP contribution in [0, 0.1) is 11.8 Å². The lowest BCUT2D eigenvalue weighted by molar-refractivity contribution is -0.143. The van der Waals surface area contributed by atoms with E-state index in [1.807, 2.05) is 0 Å². The molecule has 0 saturated carbocycles. The highest BCUT2D eigenvalue weighted by atomic mass is 32.2. The molecule has 0 radical (unpaired) electrons. The van der Waals surface area contributed by atoms with Gasteiger partial charge >= 0.3 is 5.97 Å². The van der Waals surface area contributed by atoms with Crippen molar-refractivity contribution < 1.29 is 27.9 Å². The number of aliphatic hydroxyl groups is 1. The number of sulfone groups is 1. The minimum atomic E-state index is -3.22. The standard InChI is InChI=1S/C18H21NO6S2/c1-25-17(22)15(18(26-2)11-27(23,24)12-18)19-16(21)14-8-6-13(7-9-14)5-3-4-10-20/h6-9,15,20H,4,10-12H2,1-2H3,(H,19,21). The summed E-state index contributed by atoms with van der Waals surface area (Å²) in [6.45, 7) is -0.0185. The molecule has 1 aromatic carbocycles. The van der Waals surface area contributed by atoms with E-state index in [0.29, 0.717) is 17.5 Å². The van der Waals surface area contributed by atoms with E-state index in [9.17, 15) is 18.0 Å². The highest BCUT2D eigenvalue weighted by Gasteiger charge is 2.56. The van der Waals surface area contributed by atoms with Gasteiger partial charge in [-0.3, -0.25) is 4.79 Å². The van der Waals surface area contributed by atoms with Crippen molar-refractivity contribution >= 4 is 33.5 Å². The maximum absolute atomic E-state index is 12.6. The van der Waals surface area contributed by atoms with E-state index in [2.05, 4.69) is 17.2 Å². The van der Waals surface area contributed by atoms with Crippen molar-refractivity contribution in [3.05, 3.63) is 35.4 Å². The van der Waals surface area contributed by atoms with Crippen molar-refractivity contribution in [1.29, 1.82) is 0 Å². The van der Waals surface area contributed by atoms with Crippen LogP contribution in [0.4, 0.5) is 0 Å². The van der Waals surface area contributed by atoms with Gasteiger partial charge in [0.25, 0.3) is 5.91 Å². The predicted molar refractivity (Wildman–Crippen MR) is 103 cm³/mol. The highest BCUT2D eigenvalue weighted by molar-refractivity contribution is 8.04. The fourth-order valence-corrected chi connectivity index (χ4v) is 6.92. The van der Waals surface area contributed by atoms with Gasteiger partial charge in [-0.05, 0) is 30.5 Å². The van der Waals surface area contributed by atoms with Crippen LogP contribution in [0.2, 0.25) is 0 Å². The molecular formula is C18H21NO6S2. The minimum absolute atomic E-state index is 0.0185. The molecule has 1 aliphatic rings. The van der Waals surface area contributed by atoms with Crippen LogP contribution in [0.1, 0.15) is 22.3 Å². The van der Waals surface area contributed by atoms with Crippen molar-refractivity contribution in [2.24, 2.45) is 0 Å². The van der Waals surface area contributed by atoms with Gasteiger partial charge in [0.2, 0.25) is 0 Å². The number of rotatable bonds is 6. The number of hydrogen-bond donors (Lipinski definition) is 2. The summed E-state index contributed by atoms with van der Waals surface area (Å²) in [7, 11) is -2.02. The molecule has 1 amide bonds. The first-order chi connectivity index (χ1) is 12.8. The zero-order valence-electron chi connectivity index (χ0n) is 15.0. The molecule has 1 unspecified atom stereocenters. The number of hydrogen-bond acceptors (Lipinski definition) is 7. The number of benzene rings is 1. The lowest BCUT2D eigenvalue weighted by Crippen LogP contribution is -2.67. The normalized spacial score (nSPS) is 17.6. The zero-order chi connectivity index (χ0) is 20.1. The largest absolute Gasteiger partial charge is 0.467 e. The number of methoxy groups -OCH3 is 1. The maximum Gasteiger partial charge on any atom is 0.329 e. The first-order valence-corrected chi connectivity index (χ1v) is 11.2. The Bertz CT molecular complexity index is 855. The van der Waals surface area contributed by atoms with Gasteiger partial charge in [0.05, 0.1) is 30.0 Å². The van der Waals surface area contributed by atoms with Gasteiger partial charge in [-0.1, -0.05) is 11.8 Å². The SMILES string of the molecule is COC(=O)C(NC(=O)c1ccc(C#CCCO)cc1)C1(SC)CS(=O)(=O)C1. The van der Waals surface area contributed by atoms with E-state index in [1.54, 1.807) is 30.5 Å². The van der Waals surface area contributed by atoms with Gasteiger partial charge in [0.15, 0.2) is 9.84 Å². The quantitative estimate of drug-likeness (QED) is 0.509. The molecule has 2 rings (SSSR count). The molecular weight excluding hydrogens is 390 g/mol. The Morgan fingerprint density at radius 3 is 2.44 bits per heavy atom. The lowest BCUT2D eigenvalue weighted by Gasteiger charge is -2.44. The third-order valence-corrected chi connectivity index (χ3v) is 7.80. The number of carbonyl (C=O) groups excluding carboxylic acids is 2. The summed E-state index contributed by atoms with van der Waals surface area (Å²) in [4.78, 5) is 24.8. The predicted octanol–water partition coefficient (Wildman–Crippen LogP) is 0.222. The van der Waals surface area contributed by atoms with Crippen molar-refractivity contribution in [3.63, 3.8) is 0 Å². The highest BCUT2D eigenvalue weighted by Crippen LogP contribution is 2.39. The molecule has 1 fully saturated rings. The van der Waals surface area contributed by atoms with Gasteiger partial charge < -0.3 is 15.2 Å². The lowest BCUT2D eigenvalue weighted by atomic mass is 10.0. The average molecular weight is 412 g/mol. The Hall–Kier alpha value is -2.02. The summed E-state index contributed by atoms with van der Waals surface area (Å²) in [5.74, 6) is 4.07. The van der Waals surface area contributed by atoms with E-state index in [1.165, 1.54) is 18.9 Å². The van der Waals surface area contributed by atoms with Crippen molar-refractivity contribution in [1.82, 2.24) is 5.32 Å². The molecule has 1 saturated heterocycles. The number of thioether (sulfide) groups is 1. The first-order valence-electron chi connectivity index (χ1n) is 8.11. The molecule has 1 aromatic rings. The Balaban J connectivity index is 2.17. The first kappa shape index (κ1) is 21.3. The third-order valence-electron chi connectivity index (χ3n) is 4.19. The number of amides is 1. The molecule has 7 nitrogen and oxygen atoms in total. The van der Waals surface area contributed by atoms with Crippen LogP contribution in [-0.4, -0.2) is 67.7 Å². The number of nitrogens with one attached hydrogen (secondary N) is 1. The molecule has 27 heavy (non-hydrogen) atoms. The average Bonchev–Trinajstić information content (AvgIpc) is 2.63. The van der Waals surface area contributed by atoms with Crippen LogP contribution in [0.5, 0.6) is 0 Å². The second kappa shape index (κ2) is 8.78. The second-order valence-electron chi connectivity index (χ2n) is 6.08. The topological polar surface area (TPSA) is 110 Å². The fraction of sp³-hybridized carbons (Fsp3) is 0.444. The second-order valence-corrected chi connectivity index (χ2v) is 9.37. The molecule has 1 heterocycles. The Kier molecular flexibility index (Phi) is 6.92. The maximum atomic E-state index is 12.6. The molecule has 146 valence electrons. The van der Waals surface area contributed by atoms with E-state index in [4.69, 9.17) is 9.84 Å². The molecule has 1 atom stereocenters. The van der Waals surface area contributed by atoms with Gasteiger partial charge in [-0.25, -0.2) is 13.2 Å². The van der Waals surface area contributed by atoms with Gasteiger partial charge in [0, 0.05) is 17.5 Å².